The van der Waals surface area contributed by atoms with Gasteiger partial charge in [-0.15, -0.1) is 0 Å². The summed E-state index contributed by atoms with van der Waals surface area (Å²) in [7, 11) is 1.79. The van der Waals surface area contributed by atoms with Crippen molar-refractivity contribution in [1.82, 2.24) is 15.5 Å². The van der Waals surface area contributed by atoms with Crippen LogP contribution in [-0.2, 0) is 10.2 Å². The van der Waals surface area contributed by atoms with Crippen molar-refractivity contribution in [2.24, 2.45) is 10.9 Å². The molecule has 1 aromatic carbocycles. The van der Waals surface area contributed by atoms with E-state index in [-0.39, 0.29) is 11.2 Å². The molecule has 0 aromatic heterocycles. The minimum absolute atomic E-state index is 0.0926. The standard InChI is InChI=1S/C21H33FN4O/c1-16(2)19(26-10-12-27-13-11-26)14-24-20(23-3)25-15-21(8-9-21)17-6-4-5-7-18(17)22/h4-7,16,19H,8-15H2,1-3H3,(H2,23,24,25). The van der Waals surface area contributed by atoms with E-state index in [0.717, 1.165) is 57.2 Å². The highest BCUT2D eigenvalue weighted by atomic mass is 19.1. The van der Waals surface area contributed by atoms with Gasteiger partial charge in [0.15, 0.2) is 5.96 Å². The average Bonchev–Trinajstić information content (AvgIpc) is 3.46. The first-order valence-electron chi connectivity index (χ1n) is 10.1. The van der Waals surface area contributed by atoms with Crippen LogP contribution in [0.5, 0.6) is 0 Å². The molecule has 3 rings (SSSR count). The Labute approximate surface area is 162 Å². The lowest BCUT2D eigenvalue weighted by Crippen LogP contribution is -2.53. The lowest BCUT2D eigenvalue weighted by molar-refractivity contribution is 0.00752. The van der Waals surface area contributed by atoms with Gasteiger partial charge < -0.3 is 15.4 Å². The van der Waals surface area contributed by atoms with E-state index < -0.39 is 0 Å². The fraction of sp³-hybridized carbons (Fsp3) is 0.667. The number of nitrogens with one attached hydrogen (secondary N) is 2. The van der Waals surface area contributed by atoms with Crippen molar-refractivity contribution in [3.63, 3.8) is 0 Å². The van der Waals surface area contributed by atoms with Gasteiger partial charge in [0.25, 0.3) is 0 Å². The van der Waals surface area contributed by atoms with Crippen molar-refractivity contribution >= 4 is 5.96 Å². The van der Waals surface area contributed by atoms with E-state index in [1.807, 2.05) is 12.1 Å². The molecule has 1 saturated heterocycles. The summed E-state index contributed by atoms with van der Waals surface area (Å²) in [6.07, 6.45) is 2.03. The highest BCUT2D eigenvalue weighted by Crippen LogP contribution is 2.48. The van der Waals surface area contributed by atoms with Crippen LogP contribution >= 0.6 is 0 Å². The average molecular weight is 377 g/mol. The van der Waals surface area contributed by atoms with Gasteiger partial charge in [-0.2, -0.15) is 0 Å². The van der Waals surface area contributed by atoms with E-state index in [1.165, 1.54) is 0 Å². The van der Waals surface area contributed by atoms with Gasteiger partial charge in [-0.05, 0) is 30.4 Å². The van der Waals surface area contributed by atoms with Gasteiger partial charge in [-0.25, -0.2) is 4.39 Å². The molecule has 1 atom stereocenters. The predicted octanol–water partition coefficient (Wildman–Crippen LogP) is 2.38. The first kappa shape index (κ1) is 20.1. The molecule has 1 aromatic rings. The van der Waals surface area contributed by atoms with Crippen LogP contribution in [0, 0.1) is 11.7 Å². The maximum absolute atomic E-state index is 14.2. The summed E-state index contributed by atoms with van der Waals surface area (Å²) >= 11 is 0. The molecule has 5 nitrogen and oxygen atoms in total. The summed E-state index contributed by atoms with van der Waals surface area (Å²) in [5.41, 5.74) is 0.728. The summed E-state index contributed by atoms with van der Waals surface area (Å²) in [5.74, 6) is 1.23. The van der Waals surface area contributed by atoms with Crippen molar-refractivity contribution in [3.05, 3.63) is 35.6 Å². The molecule has 0 amide bonds. The molecule has 6 heteroatoms. The first-order valence-corrected chi connectivity index (χ1v) is 10.1. The molecule has 2 aliphatic rings. The SMILES string of the molecule is CN=C(NCC(C(C)C)N1CCOCC1)NCC1(c2ccccc2F)CC1. The van der Waals surface area contributed by atoms with Crippen LogP contribution < -0.4 is 10.6 Å². The molecule has 1 aliphatic carbocycles. The minimum Gasteiger partial charge on any atom is -0.379 e. The zero-order chi connectivity index (χ0) is 19.3. The molecule has 0 radical (unpaired) electrons. The lowest BCUT2D eigenvalue weighted by Gasteiger charge is -2.37. The highest BCUT2D eigenvalue weighted by molar-refractivity contribution is 5.79. The summed E-state index contributed by atoms with van der Waals surface area (Å²) in [5, 5.41) is 6.90. The van der Waals surface area contributed by atoms with Crippen LogP contribution in [-0.4, -0.2) is 63.3 Å². The van der Waals surface area contributed by atoms with Crippen molar-refractivity contribution in [1.29, 1.82) is 0 Å². The Kier molecular flexibility index (Phi) is 6.71. The number of benzene rings is 1. The number of aliphatic imine (C=N–C) groups is 1. The van der Waals surface area contributed by atoms with Crippen LogP contribution in [0.4, 0.5) is 4.39 Å². The lowest BCUT2D eigenvalue weighted by atomic mass is 9.95. The Morgan fingerprint density at radius 3 is 2.52 bits per heavy atom. The quantitative estimate of drug-likeness (QED) is 0.567. The molecule has 2 fully saturated rings. The van der Waals surface area contributed by atoms with Gasteiger partial charge in [0.2, 0.25) is 0 Å². The zero-order valence-corrected chi connectivity index (χ0v) is 16.8. The number of halogens is 1. The monoisotopic (exact) mass is 376 g/mol. The van der Waals surface area contributed by atoms with Crippen LogP contribution in [0.1, 0.15) is 32.3 Å². The second-order valence-corrected chi connectivity index (χ2v) is 8.03. The van der Waals surface area contributed by atoms with Gasteiger partial charge in [0.1, 0.15) is 5.82 Å². The molecule has 27 heavy (non-hydrogen) atoms. The topological polar surface area (TPSA) is 48.9 Å². The number of morpholine rings is 1. The number of guanidine groups is 1. The maximum Gasteiger partial charge on any atom is 0.191 e. The Morgan fingerprint density at radius 2 is 1.93 bits per heavy atom. The molecule has 1 aliphatic heterocycles. The van der Waals surface area contributed by atoms with E-state index in [4.69, 9.17) is 4.74 Å². The van der Waals surface area contributed by atoms with E-state index in [9.17, 15) is 4.39 Å². The van der Waals surface area contributed by atoms with Gasteiger partial charge in [0, 0.05) is 44.7 Å². The second-order valence-electron chi connectivity index (χ2n) is 8.03. The van der Waals surface area contributed by atoms with Gasteiger partial charge in [-0.3, -0.25) is 9.89 Å². The summed E-state index contributed by atoms with van der Waals surface area (Å²) in [6.45, 7) is 9.63. The summed E-state index contributed by atoms with van der Waals surface area (Å²) in [4.78, 5) is 6.87. The predicted molar refractivity (Wildman–Crippen MR) is 108 cm³/mol. The smallest absolute Gasteiger partial charge is 0.191 e. The van der Waals surface area contributed by atoms with Crippen molar-refractivity contribution < 1.29 is 9.13 Å². The third-order valence-electron chi connectivity index (χ3n) is 5.88. The van der Waals surface area contributed by atoms with Gasteiger partial charge in [-0.1, -0.05) is 32.0 Å². The molecular weight excluding hydrogens is 343 g/mol. The van der Waals surface area contributed by atoms with Crippen LogP contribution in [0.2, 0.25) is 0 Å². The fourth-order valence-corrected chi connectivity index (χ4v) is 3.95. The molecule has 1 unspecified atom stereocenters. The molecule has 1 heterocycles. The Balaban J connectivity index is 1.54. The van der Waals surface area contributed by atoms with E-state index >= 15 is 0 Å². The van der Waals surface area contributed by atoms with Crippen molar-refractivity contribution in [2.45, 2.75) is 38.1 Å². The third-order valence-corrected chi connectivity index (χ3v) is 5.88. The summed E-state index contributed by atoms with van der Waals surface area (Å²) < 4.78 is 19.7. The molecule has 1 saturated carbocycles. The first-order chi connectivity index (χ1) is 13.1. The van der Waals surface area contributed by atoms with Crippen molar-refractivity contribution in [3.8, 4) is 0 Å². The number of hydrogen-bond donors (Lipinski definition) is 2. The number of rotatable bonds is 7. The van der Waals surface area contributed by atoms with Gasteiger partial charge >= 0.3 is 0 Å². The van der Waals surface area contributed by atoms with Crippen molar-refractivity contribution in [2.75, 3.05) is 46.4 Å². The second kappa shape index (κ2) is 9.02. The number of nitrogens with zero attached hydrogens (tertiary/aromatic N) is 2. The molecule has 2 N–H and O–H groups in total. The van der Waals surface area contributed by atoms with Gasteiger partial charge in [0.05, 0.1) is 13.2 Å². The Hall–Kier alpha value is -1.66. The van der Waals surface area contributed by atoms with Crippen LogP contribution in [0.25, 0.3) is 0 Å². The van der Waals surface area contributed by atoms with Crippen LogP contribution in [0.3, 0.4) is 0 Å². The fourth-order valence-electron chi connectivity index (χ4n) is 3.95. The molecular formula is C21H33FN4O. The summed E-state index contributed by atoms with van der Waals surface area (Å²) in [6, 6.07) is 7.57. The molecule has 150 valence electrons. The number of ether oxygens (including phenoxy) is 1. The molecule has 0 bridgehead atoms. The highest BCUT2D eigenvalue weighted by Gasteiger charge is 2.45. The van der Waals surface area contributed by atoms with Crippen LogP contribution in [0.15, 0.2) is 29.3 Å². The van der Waals surface area contributed by atoms with E-state index in [2.05, 4.69) is 34.4 Å². The maximum atomic E-state index is 14.2. The Morgan fingerprint density at radius 1 is 1.22 bits per heavy atom. The number of hydrogen-bond acceptors (Lipinski definition) is 3. The Bertz CT molecular complexity index is 639. The van der Waals surface area contributed by atoms with E-state index in [1.54, 1.807) is 19.2 Å². The third kappa shape index (κ3) is 4.99. The minimum atomic E-state index is -0.105. The normalized spacial score (nSPS) is 21.1. The largest absolute Gasteiger partial charge is 0.379 e. The molecule has 0 spiro atoms. The van der Waals surface area contributed by atoms with E-state index in [0.29, 0.717) is 18.5 Å². The zero-order valence-electron chi connectivity index (χ0n) is 16.8.